The van der Waals surface area contributed by atoms with E-state index in [4.69, 9.17) is 4.74 Å². The highest BCUT2D eigenvalue weighted by Crippen LogP contribution is 2.27. The smallest absolute Gasteiger partial charge is 0.407 e. The lowest BCUT2D eigenvalue weighted by atomic mass is 9.92. The minimum absolute atomic E-state index is 0.235. The van der Waals surface area contributed by atoms with Gasteiger partial charge in [0.15, 0.2) is 0 Å². The van der Waals surface area contributed by atoms with Crippen molar-refractivity contribution in [1.82, 2.24) is 10.0 Å². The Bertz CT molecular complexity index is 1460. The average molecular weight is 595 g/mol. The van der Waals surface area contributed by atoms with Crippen LogP contribution >= 0.6 is 0 Å². The number of amides is 2. The van der Waals surface area contributed by atoms with E-state index in [0.29, 0.717) is 18.4 Å². The number of hydrogen-bond donors (Lipinski definition) is 3. The molecule has 0 fully saturated rings. The van der Waals surface area contributed by atoms with Gasteiger partial charge in [0.1, 0.15) is 6.10 Å². The second-order valence-electron chi connectivity index (χ2n) is 12.1. The van der Waals surface area contributed by atoms with Crippen molar-refractivity contribution in [3.05, 3.63) is 95.1 Å². The molecular weight excluding hydrogens is 552 g/mol. The number of nitrogens with one attached hydrogen (secondary N) is 2. The number of rotatable bonds is 11. The molecule has 0 spiro atoms. The number of benzene rings is 3. The molecule has 226 valence electrons. The summed E-state index contributed by atoms with van der Waals surface area (Å²) in [6, 6.07) is 22.5. The quantitative estimate of drug-likeness (QED) is 0.258. The number of carbonyl (C=O) groups is 2. The molecule has 2 amide bonds. The second-order valence-corrected chi connectivity index (χ2v) is 13.9. The van der Waals surface area contributed by atoms with Gasteiger partial charge in [-0.2, -0.15) is 0 Å². The molecule has 0 heterocycles. The van der Waals surface area contributed by atoms with Gasteiger partial charge in [0.05, 0.1) is 12.4 Å². The molecule has 0 aliphatic carbocycles. The third-order valence-corrected chi connectivity index (χ3v) is 6.98. The predicted molar refractivity (Wildman–Crippen MR) is 166 cm³/mol. The molecule has 42 heavy (non-hydrogen) atoms. The fourth-order valence-electron chi connectivity index (χ4n) is 4.64. The number of sulfonamides is 1. The molecule has 3 aromatic rings. The molecule has 0 aliphatic heterocycles. The number of carbonyl (C=O) groups excluding carboxylic acids is 2. The summed E-state index contributed by atoms with van der Waals surface area (Å²) in [6.07, 6.45) is 0.302. The first-order chi connectivity index (χ1) is 19.6. The molecule has 3 rings (SSSR count). The van der Waals surface area contributed by atoms with E-state index >= 15 is 0 Å². The van der Waals surface area contributed by atoms with Crippen molar-refractivity contribution in [3.8, 4) is 11.1 Å². The molecule has 3 aromatic carbocycles. The Labute approximate surface area is 249 Å². The zero-order valence-electron chi connectivity index (χ0n) is 25.2. The summed E-state index contributed by atoms with van der Waals surface area (Å²) >= 11 is 0. The number of alkyl carbamates (subject to hydrolysis) is 1. The van der Waals surface area contributed by atoms with E-state index < -0.39 is 39.8 Å². The Morgan fingerprint density at radius 3 is 2.10 bits per heavy atom. The fourth-order valence-corrected chi connectivity index (χ4v) is 5.09. The van der Waals surface area contributed by atoms with Crippen LogP contribution in [0.2, 0.25) is 0 Å². The van der Waals surface area contributed by atoms with Crippen LogP contribution in [0.5, 0.6) is 0 Å². The Kier molecular flexibility index (Phi) is 10.9. The standard InChI is InChI=1S/C33H42N2O6S/c1-22(2)18-27-20-26(16-17-29(27)31(37)35-42(6,39)40)24-14-12-23(13-15-24)19-28(41-32(38)34-33(3,4)5)21-30(36)25-10-8-7-9-11-25/h7-17,20,22,28,30,36H,18-19,21H2,1-6H3,(H,34,38)(H,35,37)/t28?,30-/m1/s1. The molecule has 0 saturated heterocycles. The molecule has 8 nitrogen and oxygen atoms in total. The maximum absolute atomic E-state index is 12.6. The van der Waals surface area contributed by atoms with Gasteiger partial charge in [-0.25, -0.2) is 17.9 Å². The molecule has 0 radical (unpaired) electrons. The van der Waals surface area contributed by atoms with Gasteiger partial charge in [0, 0.05) is 23.9 Å². The summed E-state index contributed by atoms with van der Waals surface area (Å²) < 4.78 is 31.1. The lowest BCUT2D eigenvalue weighted by molar-refractivity contribution is 0.0502. The van der Waals surface area contributed by atoms with Crippen LogP contribution in [0, 0.1) is 5.92 Å². The summed E-state index contributed by atoms with van der Waals surface area (Å²) in [5.41, 5.74) is 4.14. The Balaban J connectivity index is 1.82. The van der Waals surface area contributed by atoms with E-state index in [1.165, 1.54) is 0 Å². The molecule has 0 aliphatic rings. The van der Waals surface area contributed by atoms with Crippen LogP contribution in [-0.2, 0) is 27.6 Å². The third kappa shape index (κ3) is 10.6. The minimum atomic E-state index is -3.68. The monoisotopic (exact) mass is 594 g/mol. The predicted octanol–water partition coefficient (Wildman–Crippen LogP) is 5.80. The summed E-state index contributed by atoms with van der Waals surface area (Å²) in [5, 5.41) is 13.7. The molecule has 3 N–H and O–H groups in total. The molecule has 9 heteroatoms. The van der Waals surface area contributed by atoms with Crippen molar-refractivity contribution in [2.24, 2.45) is 5.92 Å². The first kappa shape index (κ1) is 32.8. The van der Waals surface area contributed by atoms with Crippen molar-refractivity contribution >= 4 is 22.0 Å². The highest BCUT2D eigenvalue weighted by molar-refractivity contribution is 7.89. The SMILES string of the molecule is CC(C)Cc1cc(-c2ccc(CC(C[C@@H](O)c3ccccc3)OC(=O)NC(C)(C)C)cc2)ccc1C(=O)NS(C)(=O)=O. The molecule has 0 saturated carbocycles. The van der Waals surface area contributed by atoms with Gasteiger partial charge in [-0.3, -0.25) is 4.79 Å². The lowest BCUT2D eigenvalue weighted by Gasteiger charge is -2.25. The van der Waals surface area contributed by atoms with Crippen LogP contribution in [-0.4, -0.2) is 43.4 Å². The zero-order valence-corrected chi connectivity index (χ0v) is 26.0. The summed E-state index contributed by atoms with van der Waals surface area (Å²) in [4.78, 5) is 25.2. The minimum Gasteiger partial charge on any atom is -0.446 e. The van der Waals surface area contributed by atoms with E-state index in [2.05, 4.69) is 10.0 Å². The van der Waals surface area contributed by atoms with Gasteiger partial charge in [0.2, 0.25) is 10.0 Å². The van der Waals surface area contributed by atoms with Crippen LogP contribution < -0.4 is 10.0 Å². The molecule has 0 bridgehead atoms. The summed E-state index contributed by atoms with van der Waals surface area (Å²) in [5.74, 6) is -0.389. The van der Waals surface area contributed by atoms with Crippen LogP contribution in [0.15, 0.2) is 72.8 Å². The van der Waals surface area contributed by atoms with Gasteiger partial charge >= 0.3 is 6.09 Å². The maximum Gasteiger partial charge on any atom is 0.407 e. The number of aliphatic hydroxyl groups excluding tert-OH is 1. The van der Waals surface area contributed by atoms with Gasteiger partial charge in [0.25, 0.3) is 5.91 Å². The molecule has 1 unspecified atom stereocenters. The average Bonchev–Trinajstić information content (AvgIpc) is 2.87. The van der Waals surface area contributed by atoms with E-state index in [9.17, 15) is 23.1 Å². The Hall–Kier alpha value is -3.69. The van der Waals surface area contributed by atoms with E-state index in [1.54, 1.807) is 12.1 Å². The topological polar surface area (TPSA) is 122 Å². The summed E-state index contributed by atoms with van der Waals surface area (Å²) in [7, 11) is -3.68. The first-order valence-corrected chi connectivity index (χ1v) is 15.9. The number of aliphatic hydroxyl groups is 1. The van der Waals surface area contributed by atoms with Crippen molar-refractivity contribution in [2.75, 3.05) is 6.26 Å². The van der Waals surface area contributed by atoms with Crippen LogP contribution in [0.3, 0.4) is 0 Å². The third-order valence-electron chi connectivity index (χ3n) is 6.43. The highest BCUT2D eigenvalue weighted by atomic mass is 32.2. The molecule has 0 aromatic heterocycles. The van der Waals surface area contributed by atoms with Gasteiger partial charge in [-0.1, -0.05) is 80.6 Å². The van der Waals surface area contributed by atoms with Gasteiger partial charge in [-0.15, -0.1) is 0 Å². The largest absolute Gasteiger partial charge is 0.446 e. The van der Waals surface area contributed by atoms with Crippen LogP contribution in [0.4, 0.5) is 4.79 Å². The second kappa shape index (κ2) is 14.0. The molecular formula is C33H42N2O6S. The molecule has 2 atom stereocenters. The highest BCUT2D eigenvalue weighted by Gasteiger charge is 2.23. The normalized spacial score (nSPS) is 13.3. The Morgan fingerprint density at radius 2 is 1.52 bits per heavy atom. The van der Waals surface area contributed by atoms with E-state index in [0.717, 1.165) is 34.1 Å². The van der Waals surface area contributed by atoms with E-state index in [-0.39, 0.29) is 12.3 Å². The summed E-state index contributed by atoms with van der Waals surface area (Å²) in [6.45, 7) is 9.69. The van der Waals surface area contributed by atoms with Gasteiger partial charge < -0.3 is 15.2 Å². The maximum atomic E-state index is 12.6. The fraction of sp³-hybridized carbons (Fsp3) is 0.394. The lowest BCUT2D eigenvalue weighted by Crippen LogP contribution is -2.42. The first-order valence-electron chi connectivity index (χ1n) is 14.1. The van der Waals surface area contributed by atoms with Crippen LogP contribution in [0.1, 0.15) is 74.2 Å². The van der Waals surface area contributed by atoms with E-state index in [1.807, 2.05) is 95.3 Å². The van der Waals surface area contributed by atoms with Crippen LogP contribution in [0.25, 0.3) is 11.1 Å². The van der Waals surface area contributed by atoms with Gasteiger partial charge in [-0.05, 0) is 67.0 Å². The number of hydrogen-bond acceptors (Lipinski definition) is 6. The van der Waals surface area contributed by atoms with Crippen molar-refractivity contribution < 1.29 is 27.9 Å². The van der Waals surface area contributed by atoms with Crippen molar-refractivity contribution in [1.29, 1.82) is 0 Å². The van der Waals surface area contributed by atoms with Crippen molar-refractivity contribution in [3.63, 3.8) is 0 Å². The zero-order chi connectivity index (χ0) is 31.1. The Morgan fingerprint density at radius 1 is 0.905 bits per heavy atom. The van der Waals surface area contributed by atoms with Crippen molar-refractivity contribution in [2.45, 2.75) is 71.6 Å². The number of ether oxygens (including phenoxy) is 1.